The van der Waals surface area contributed by atoms with Gasteiger partial charge in [-0.15, -0.1) is 0 Å². The average Bonchev–Trinajstić information content (AvgIpc) is 2.54. The molecule has 6 nitrogen and oxygen atoms in total. The summed E-state index contributed by atoms with van der Waals surface area (Å²) in [5, 5.41) is 0. The first kappa shape index (κ1) is 11.9. The second-order valence-electron chi connectivity index (χ2n) is 3.35. The molecule has 1 heterocycles. The summed E-state index contributed by atoms with van der Waals surface area (Å²) < 4.78 is 23.0. The van der Waals surface area contributed by atoms with E-state index in [0.717, 1.165) is 4.90 Å². The largest absolute Gasteiger partial charge is 0.301 e. The van der Waals surface area contributed by atoms with Crippen LogP contribution in [0.25, 0.3) is 0 Å². The van der Waals surface area contributed by atoms with E-state index in [2.05, 4.69) is 4.18 Å². The number of amides is 2. The monoisotopic (exact) mass is 255 g/mol. The van der Waals surface area contributed by atoms with Crippen LogP contribution < -0.4 is 0 Å². The summed E-state index contributed by atoms with van der Waals surface area (Å²) in [7, 11) is 0. The standard InChI is InChI=1S/C10H9NO5S/c12-9-7-3-1-2-4-8(7)10(13)11(9)5-6-16-17(14)15/h1-4H,5-6H2,(H,14,15). The molecule has 0 aromatic heterocycles. The predicted molar refractivity (Wildman–Crippen MR) is 58.5 cm³/mol. The second kappa shape index (κ2) is 4.74. The third-order valence-corrected chi connectivity index (χ3v) is 2.75. The zero-order chi connectivity index (χ0) is 12.4. The van der Waals surface area contributed by atoms with Crippen molar-refractivity contribution in [3.8, 4) is 0 Å². The van der Waals surface area contributed by atoms with E-state index in [4.69, 9.17) is 4.55 Å². The van der Waals surface area contributed by atoms with Crippen LogP contribution in [0.1, 0.15) is 20.7 Å². The number of fused-ring (bicyclic) bond motifs is 1. The van der Waals surface area contributed by atoms with Crippen molar-refractivity contribution >= 4 is 23.2 Å². The van der Waals surface area contributed by atoms with Gasteiger partial charge >= 0.3 is 11.4 Å². The molecule has 1 aliphatic rings. The quantitative estimate of drug-likeness (QED) is 0.623. The molecule has 17 heavy (non-hydrogen) atoms. The number of rotatable bonds is 4. The third-order valence-electron chi connectivity index (χ3n) is 2.38. The van der Waals surface area contributed by atoms with Crippen molar-refractivity contribution in [3.63, 3.8) is 0 Å². The normalized spacial score (nSPS) is 16.2. The van der Waals surface area contributed by atoms with Gasteiger partial charge in [-0.05, 0) is 12.1 Å². The molecule has 2 rings (SSSR count). The molecule has 90 valence electrons. The van der Waals surface area contributed by atoms with Crippen molar-refractivity contribution < 1.29 is 22.5 Å². The first-order valence-electron chi connectivity index (χ1n) is 4.80. The van der Waals surface area contributed by atoms with E-state index in [1.54, 1.807) is 24.3 Å². The van der Waals surface area contributed by atoms with Crippen molar-refractivity contribution in [1.29, 1.82) is 0 Å². The van der Waals surface area contributed by atoms with Gasteiger partial charge in [-0.25, -0.2) is 0 Å². The Morgan fingerprint density at radius 1 is 1.18 bits per heavy atom. The zero-order valence-electron chi connectivity index (χ0n) is 8.66. The van der Waals surface area contributed by atoms with E-state index in [1.807, 2.05) is 0 Å². The molecule has 1 N–H and O–H groups in total. The Labute approximate surface area is 99.7 Å². The minimum Gasteiger partial charge on any atom is -0.284 e. The van der Waals surface area contributed by atoms with Gasteiger partial charge in [0.15, 0.2) is 0 Å². The summed E-state index contributed by atoms with van der Waals surface area (Å²) in [6.07, 6.45) is 0. The van der Waals surface area contributed by atoms with Crippen LogP contribution in [0.3, 0.4) is 0 Å². The number of imide groups is 1. The molecule has 1 atom stereocenters. The zero-order valence-corrected chi connectivity index (χ0v) is 9.48. The van der Waals surface area contributed by atoms with Crippen molar-refractivity contribution in [1.82, 2.24) is 4.90 Å². The van der Waals surface area contributed by atoms with Gasteiger partial charge in [-0.3, -0.25) is 23.2 Å². The molecule has 0 bridgehead atoms. The van der Waals surface area contributed by atoms with Crippen LogP contribution in [0, 0.1) is 0 Å². The molecular weight excluding hydrogens is 246 g/mol. The highest BCUT2D eigenvalue weighted by Gasteiger charge is 2.34. The molecule has 0 spiro atoms. The molecule has 7 heteroatoms. The number of nitrogens with zero attached hydrogens (tertiary/aromatic N) is 1. The van der Waals surface area contributed by atoms with Gasteiger partial charge in [0, 0.05) is 0 Å². The minimum absolute atomic E-state index is 0.0430. The van der Waals surface area contributed by atoms with Crippen LogP contribution >= 0.6 is 0 Å². The Balaban J connectivity index is 2.11. The highest BCUT2D eigenvalue weighted by molar-refractivity contribution is 7.74. The maximum atomic E-state index is 11.8. The number of benzene rings is 1. The van der Waals surface area contributed by atoms with Gasteiger partial charge in [-0.1, -0.05) is 12.1 Å². The maximum Gasteiger partial charge on any atom is 0.301 e. The summed E-state index contributed by atoms with van der Waals surface area (Å²) in [6, 6.07) is 6.49. The Bertz CT molecular complexity index is 466. The summed E-state index contributed by atoms with van der Waals surface area (Å²) in [6.45, 7) is -0.215. The van der Waals surface area contributed by atoms with E-state index in [-0.39, 0.29) is 13.2 Å². The first-order chi connectivity index (χ1) is 8.11. The van der Waals surface area contributed by atoms with Crippen LogP contribution in [0.15, 0.2) is 24.3 Å². The average molecular weight is 255 g/mol. The van der Waals surface area contributed by atoms with E-state index < -0.39 is 23.2 Å². The third kappa shape index (κ3) is 2.26. The van der Waals surface area contributed by atoms with Crippen molar-refractivity contribution in [2.45, 2.75) is 0 Å². The topological polar surface area (TPSA) is 83.9 Å². The van der Waals surface area contributed by atoms with Crippen molar-refractivity contribution in [2.24, 2.45) is 0 Å². The molecule has 0 aliphatic carbocycles. The Morgan fingerprint density at radius 2 is 1.71 bits per heavy atom. The molecule has 0 saturated carbocycles. The van der Waals surface area contributed by atoms with Crippen LogP contribution in [-0.2, 0) is 15.5 Å². The van der Waals surface area contributed by atoms with Gasteiger partial charge in [-0.2, -0.15) is 4.21 Å². The first-order valence-corrected chi connectivity index (χ1v) is 5.84. The number of carbonyl (C=O) groups excluding carboxylic acids is 2. The molecule has 2 amide bonds. The Morgan fingerprint density at radius 3 is 2.18 bits per heavy atom. The van der Waals surface area contributed by atoms with Crippen LogP contribution in [-0.4, -0.2) is 38.6 Å². The van der Waals surface area contributed by atoms with Gasteiger partial charge < -0.3 is 0 Å². The lowest BCUT2D eigenvalue weighted by molar-refractivity contribution is 0.0631. The van der Waals surface area contributed by atoms with Gasteiger partial charge in [0.1, 0.15) is 0 Å². The molecule has 0 fully saturated rings. The van der Waals surface area contributed by atoms with Crippen molar-refractivity contribution in [3.05, 3.63) is 35.4 Å². The fourth-order valence-electron chi connectivity index (χ4n) is 1.64. The second-order valence-corrected chi connectivity index (χ2v) is 4.02. The predicted octanol–water partition coefficient (Wildman–Crippen LogP) is 0.436. The summed E-state index contributed by atoms with van der Waals surface area (Å²) >= 11 is -2.39. The molecular formula is C10H9NO5S. The van der Waals surface area contributed by atoms with Gasteiger partial charge in [0.05, 0.1) is 24.3 Å². The summed E-state index contributed by atoms with van der Waals surface area (Å²) in [4.78, 5) is 24.6. The van der Waals surface area contributed by atoms with Crippen molar-refractivity contribution in [2.75, 3.05) is 13.2 Å². The molecule has 1 aromatic rings. The number of hydrogen-bond donors (Lipinski definition) is 1. The van der Waals surface area contributed by atoms with E-state index in [0.29, 0.717) is 11.1 Å². The van der Waals surface area contributed by atoms with Gasteiger partial charge in [0.2, 0.25) is 0 Å². The Kier molecular flexibility index (Phi) is 3.32. The van der Waals surface area contributed by atoms with E-state index >= 15 is 0 Å². The van der Waals surface area contributed by atoms with E-state index in [9.17, 15) is 13.8 Å². The van der Waals surface area contributed by atoms with Crippen LogP contribution in [0.2, 0.25) is 0 Å². The molecule has 1 aromatic carbocycles. The number of hydrogen-bond acceptors (Lipinski definition) is 4. The molecule has 1 unspecified atom stereocenters. The van der Waals surface area contributed by atoms with Crippen LogP contribution in [0.4, 0.5) is 0 Å². The Hall–Kier alpha value is -1.57. The molecule has 0 saturated heterocycles. The summed E-state index contributed by atoms with van der Waals surface area (Å²) in [5.41, 5.74) is 0.699. The fraction of sp³-hybridized carbons (Fsp3) is 0.200. The highest BCUT2D eigenvalue weighted by atomic mass is 32.2. The van der Waals surface area contributed by atoms with E-state index in [1.165, 1.54) is 0 Å². The lowest BCUT2D eigenvalue weighted by Gasteiger charge is -2.12. The fourth-order valence-corrected chi connectivity index (χ4v) is 1.86. The molecule has 1 aliphatic heterocycles. The van der Waals surface area contributed by atoms with Crippen LogP contribution in [0.5, 0.6) is 0 Å². The molecule has 0 radical (unpaired) electrons. The van der Waals surface area contributed by atoms with Gasteiger partial charge in [0.25, 0.3) is 11.8 Å². The smallest absolute Gasteiger partial charge is 0.284 e. The SMILES string of the molecule is O=C1c2ccccc2C(=O)N1CCOS(=O)O. The number of carbonyl (C=O) groups is 2. The maximum absolute atomic E-state index is 11.8. The minimum atomic E-state index is -2.39. The summed E-state index contributed by atoms with van der Waals surface area (Å²) in [5.74, 6) is -0.809. The highest BCUT2D eigenvalue weighted by Crippen LogP contribution is 2.21. The lowest BCUT2D eigenvalue weighted by atomic mass is 10.1. The lowest BCUT2D eigenvalue weighted by Crippen LogP contribution is -2.33.